The molecule has 1 aromatic carbocycles. The number of aromatic nitrogens is 1. The van der Waals surface area contributed by atoms with Gasteiger partial charge in [-0.1, -0.05) is 0 Å². The Hall–Kier alpha value is -1.88. The average molecular weight is 249 g/mol. The lowest BCUT2D eigenvalue weighted by Gasteiger charge is -2.03. The van der Waals surface area contributed by atoms with Crippen molar-refractivity contribution in [2.24, 2.45) is 0 Å². The van der Waals surface area contributed by atoms with Gasteiger partial charge in [0.25, 0.3) is 0 Å². The van der Waals surface area contributed by atoms with E-state index in [0.29, 0.717) is 13.1 Å². The van der Waals surface area contributed by atoms with Crippen LogP contribution in [0.1, 0.15) is 5.56 Å². The van der Waals surface area contributed by atoms with Crippen LogP contribution < -0.4 is 10.6 Å². The van der Waals surface area contributed by atoms with E-state index in [-0.39, 0.29) is 11.7 Å². The molecule has 0 fully saturated rings. The van der Waals surface area contributed by atoms with Gasteiger partial charge in [0.2, 0.25) is 5.91 Å². The first-order chi connectivity index (χ1) is 8.70. The number of aromatic amines is 1. The topological polar surface area (TPSA) is 56.9 Å². The summed E-state index contributed by atoms with van der Waals surface area (Å²) in [6, 6.07) is 4.67. The molecule has 2 rings (SSSR count). The highest BCUT2D eigenvalue weighted by Crippen LogP contribution is 2.19. The zero-order chi connectivity index (χ0) is 13.0. The first-order valence-electron chi connectivity index (χ1n) is 5.87. The number of H-pyrrole nitrogens is 1. The first-order valence-corrected chi connectivity index (χ1v) is 5.87. The number of carbonyl (C=O) groups excluding carboxylic acids is 1. The molecule has 2 aromatic rings. The number of nitrogens with one attached hydrogen (secondary N) is 3. The number of amides is 1. The normalized spacial score (nSPS) is 10.8. The van der Waals surface area contributed by atoms with Gasteiger partial charge in [0.15, 0.2) is 0 Å². The molecule has 18 heavy (non-hydrogen) atoms. The summed E-state index contributed by atoms with van der Waals surface area (Å²) in [6.45, 7) is 0.893. The fraction of sp³-hybridized carbons (Fsp3) is 0.308. The van der Waals surface area contributed by atoms with Crippen molar-refractivity contribution in [3.8, 4) is 0 Å². The summed E-state index contributed by atoms with van der Waals surface area (Å²) in [5.74, 6) is -0.276. The maximum atomic E-state index is 13.0. The van der Waals surface area contributed by atoms with Crippen LogP contribution in [0.5, 0.6) is 0 Å². The van der Waals surface area contributed by atoms with Crippen molar-refractivity contribution in [3.05, 3.63) is 35.8 Å². The summed E-state index contributed by atoms with van der Waals surface area (Å²) in [6.07, 6.45) is 2.58. The molecule has 0 aliphatic carbocycles. The van der Waals surface area contributed by atoms with E-state index >= 15 is 0 Å². The number of likely N-dealkylation sites (N-methyl/N-ethyl adjacent to an activating group) is 1. The molecule has 4 nitrogen and oxygen atoms in total. The van der Waals surface area contributed by atoms with E-state index in [0.717, 1.165) is 22.9 Å². The average Bonchev–Trinajstić information content (AvgIpc) is 2.72. The van der Waals surface area contributed by atoms with Crippen LogP contribution in [0.25, 0.3) is 10.9 Å². The Balaban J connectivity index is 1.98. The van der Waals surface area contributed by atoms with Crippen LogP contribution in [-0.2, 0) is 11.2 Å². The van der Waals surface area contributed by atoms with E-state index in [1.807, 2.05) is 6.20 Å². The number of fused-ring (bicyclic) bond motifs is 1. The highest BCUT2D eigenvalue weighted by atomic mass is 19.1. The molecule has 1 heterocycles. The van der Waals surface area contributed by atoms with E-state index in [2.05, 4.69) is 15.6 Å². The minimum Gasteiger partial charge on any atom is -0.361 e. The van der Waals surface area contributed by atoms with Crippen LogP contribution in [0, 0.1) is 5.82 Å². The smallest absolute Gasteiger partial charge is 0.233 e. The second kappa shape index (κ2) is 5.64. The number of hydrogen-bond acceptors (Lipinski definition) is 2. The summed E-state index contributed by atoms with van der Waals surface area (Å²) in [5.41, 5.74) is 1.86. The van der Waals surface area contributed by atoms with E-state index in [1.54, 1.807) is 13.1 Å². The standard InChI is InChI=1S/C13H16FN3O/c1-15-8-13(18)16-5-4-9-7-17-12-6-10(14)2-3-11(9)12/h2-3,6-7,15,17H,4-5,8H2,1H3,(H,16,18). The Labute approximate surface area is 105 Å². The van der Waals surface area contributed by atoms with E-state index in [1.165, 1.54) is 12.1 Å². The zero-order valence-electron chi connectivity index (χ0n) is 10.2. The largest absolute Gasteiger partial charge is 0.361 e. The van der Waals surface area contributed by atoms with Gasteiger partial charge < -0.3 is 15.6 Å². The van der Waals surface area contributed by atoms with Gasteiger partial charge in [0.1, 0.15) is 5.82 Å². The van der Waals surface area contributed by atoms with Gasteiger partial charge >= 0.3 is 0 Å². The van der Waals surface area contributed by atoms with Gasteiger partial charge in [-0.3, -0.25) is 4.79 Å². The lowest BCUT2D eigenvalue weighted by Crippen LogP contribution is -2.33. The maximum Gasteiger partial charge on any atom is 0.233 e. The predicted octanol–water partition coefficient (Wildman–Crippen LogP) is 1.19. The van der Waals surface area contributed by atoms with Crippen LogP contribution in [0.4, 0.5) is 4.39 Å². The molecule has 0 atom stereocenters. The summed E-state index contributed by atoms with van der Waals surface area (Å²) in [7, 11) is 1.73. The number of rotatable bonds is 5. The molecule has 0 spiro atoms. The molecular formula is C13H16FN3O. The molecule has 0 radical (unpaired) electrons. The van der Waals surface area contributed by atoms with Crippen LogP contribution >= 0.6 is 0 Å². The Bertz CT molecular complexity index is 550. The van der Waals surface area contributed by atoms with Crippen LogP contribution in [-0.4, -0.2) is 31.0 Å². The molecular weight excluding hydrogens is 233 g/mol. The highest BCUT2D eigenvalue weighted by molar-refractivity contribution is 5.83. The van der Waals surface area contributed by atoms with Crippen molar-refractivity contribution < 1.29 is 9.18 Å². The number of benzene rings is 1. The molecule has 0 bridgehead atoms. The van der Waals surface area contributed by atoms with Crippen LogP contribution in [0.3, 0.4) is 0 Å². The fourth-order valence-electron chi connectivity index (χ4n) is 1.93. The Morgan fingerprint density at radius 2 is 2.28 bits per heavy atom. The number of halogens is 1. The Morgan fingerprint density at radius 1 is 1.44 bits per heavy atom. The van der Waals surface area contributed by atoms with Crippen molar-refractivity contribution >= 4 is 16.8 Å². The molecule has 0 saturated heterocycles. The molecule has 0 saturated carbocycles. The lowest BCUT2D eigenvalue weighted by atomic mass is 10.1. The van der Waals surface area contributed by atoms with Crippen molar-refractivity contribution in [1.82, 2.24) is 15.6 Å². The summed E-state index contributed by atoms with van der Waals surface area (Å²) in [4.78, 5) is 14.3. The van der Waals surface area contributed by atoms with Crippen molar-refractivity contribution in [2.45, 2.75) is 6.42 Å². The van der Waals surface area contributed by atoms with Gasteiger partial charge in [-0.05, 0) is 37.2 Å². The highest BCUT2D eigenvalue weighted by Gasteiger charge is 2.05. The second-order valence-corrected chi connectivity index (χ2v) is 4.13. The fourth-order valence-corrected chi connectivity index (χ4v) is 1.93. The van der Waals surface area contributed by atoms with Gasteiger partial charge in [-0.15, -0.1) is 0 Å². The molecule has 1 amide bonds. The van der Waals surface area contributed by atoms with Gasteiger partial charge in [-0.25, -0.2) is 4.39 Å². The van der Waals surface area contributed by atoms with E-state index < -0.39 is 0 Å². The second-order valence-electron chi connectivity index (χ2n) is 4.13. The zero-order valence-corrected chi connectivity index (χ0v) is 10.2. The van der Waals surface area contributed by atoms with E-state index in [4.69, 9.17) is 0 Å². The molecule has 1 aromatic heterocycles. The summed E-state index contributed by atoms with van der Waals surface area (Å²) >= 11 is 0. The monoisotopic (exact) mass is 249 g/mol. The van der Waals surface area contributed by atoms with E-state index in [9.17, 15) is 9.18 Å². The predicted molar refractivity (Wildman–Crippen MR) is 68.9 cm³/mol. The van der Waals surface area contributed by atoms with Crippen molar-refractivity contribution in [2.75, 3.05) is 20.1 Å². The minimum atomic E-state index is -0.252. The summed E-state index contributed by atoms with van der Waals surface area (Å²) < 4.78 is 13.0. The summed E-state index contributed by atoms with van der Waals surface area (Å²) in [5, 5.41) is 6.59. The number of hydrogen-bond donors (Lipinski definition) is 3. The van der Waals surface area contributed by atoms with Gasteiger partial charge in [-0.2, -0.15) is 0 Å². The molecule has 0 aliphatic heterocycles. The SMILES string of the molecule is CNCC(=O)NCCc1c[nH]c2cc(F)ccc12. The van der Waals surface area contributed by atoms with Crippen molar-refractivity contribution in [1.29, 1.82) is 0 Å². The number of carbonyl (C=O) groups is 1. The lowest BCUT2D eigenvalue weighted by molar-refractivity contribution is -0.120. The van der Waals surface area contributed by atoms with Crippen molar-refractivity contribution in [3.63, 3.8) is 0 Å². The third kappa shape index (κ3) is 2.87. The Kier molecular flexibility index (Phi) is 3.94. The third-order valence-corrected chi connectivity index (χ3v) is 2.78. The van der Waals surface area contributed by atoms with Crippen LogP contribution in [0.15, 0.2) is 24.4 Å². The molecule has 0 aliphatic rings. The third-order valence-electron chi connectivity index (χ3n) is 2.78. The van der Waals surface area contributed by atoms with Gasteiger partial charge in [0.05, 0.1) is 6.54 Å². The van der Waals surface area contributed by atoms with Crippen LogP contribution in [0.2, 0.25) is 0 Å². The minimum absolute atomic E-state index is 0.0246. The molecule has 0 unspecified atom stereocenters. The Morgan fingerprint density at radius 3 is 3.06 bits per heavy atom. The molecule has 96 valence electrons. The first kappa shape index (κ1) is 12.6. The van der Waals surface area contributed by atoms with Gasteiger partial charge in [0, 0.05) is 23.6 Å². The molecule has 5 heteroatoms. The quantitative estimate of drug-likeness (QED) is 0.745. The maximum absolute atomic E-state index is 13.0. The molecule has 3 N–H and O–H groups in total.